The van der Waals surface area contributed by atoms with Crippen molar-refractivity contribution in [2.24, 2.45) is 0 Å². The molecule has 0 aliphatic carbocycles. The van der Waals surface area contributed by atoms with E-state index in [1.807, 2.05) is 6.92 Å². The normalized spacial score (nSPS) is 9.53. The van der Waals surface area contributed by atoms with E-state index in [1.54, 1.807) is 12.1 Å². The summed E-state index contributed by atoms with van der Waals surface area (Å²) in [6.45, 7) is 2.43. The maximum Gasteiger partial charge on any atom is 0.157 e. The monoisotopic (exact) mass is 210 g/mol. The van der Waals surface area contributed by atoms with Crippen molar-refractivity contribution in [2.75, 3.05) is 20.8 Å². The molecule has 1 aromatic carbocycles. The standard InChI is InChI=1S/C11H14O4/c1-4-15-8-5-10(13-2)9(7-12)11(6-8)14-3/h5-7H,4H2,1-3H3. The van der Waals surface area contributed by atoms with Gasteiger partial charge in [0.2, 0.25) is 0 Å². The number of hydrogen-bond acceptors (Lipinski definition) is 4. The zero-order chi connectivity index (χ0) is 11.3. The van der Waals surface area contributed by atoms with Gasteiger partial charge in [0, 0.05) is 12.1 Å². The molecule has 0 fully saturated rings. The Morgan fingerprint density at radius 3 is 2.07 bits per heavy atom. The average molecular weight is 210 g/mol. The van der Waals surface area contributed by atoms with E-state index >= 15 is 0 Å². The van der Waals surface area contributed by atoms with Gasteiger partial charge in [0.05, 0.1) is 26.4 Å². The fraction of sp³-hybridized carbons (Fsp3) is 0.364. The summed E-state index contributed by atoms with van der Waals surface area (Å²) in [5.41, 5.74) is 0.392. The molecule has 0 spiro atoms. The first-order valence-corrected chi connectivity index (χ1v) is 4.60. The highest BCUT2D eigenvalue weighted by Gasteiger charge is 2.11. The quantitative estimate of drug-likeness (QED) is 0.696. The lowest BCUT2D eigenvalue weighted by Gasteiger charge is -2.11. The first kappa shape index (κ1) is 11.4. The van der Waals surface area contributed by atoms with Crippen molar-refractivity contribution >= 4 is 6.29 Å². The summed E-state index contributed by atoms with van der Waals surface area (Å²) in [6, 6.07) is 3.32. The molecule has 1 aromatic rings. The van der Waals surface area contributed by atoms with E-state index in [9.17, 15) is 4.79 Å². The molecule has 0 aliphatic heterocycles. The number of aldehydes is 1. The Hall–Kier alpha value is -1.71. The fourth-order valence-electron chi connectivity index (χ4n) is 1.28. The number of ether oxygens (including phenoxy) is 3. The Kier molecular flexibility index (Phi) is 3.97. The first-order valence-electron chi connectivity index (χ1n) is 4.60. The molecule has 1 rings (SSSR count). The number of benzene rings is 1. The van der Waals surface area contributed by atoms with Crippen LogP contribution in [0.2, 0.25) is 0 Å². The highest BCUT2D eigenvalue weighted by molar-refractivity contribution is 5.84. The number of carbonyl (C=O) groups excluding carboxylic acids is 1. The first-order chi connectivity index (χ1) is 7.26. The number of methoxy groups -OCH3 is 2. The lowest BCUT2D eigenvalue weighted by molar-refractivity contribution is 0.111. The lowest BCUT2D eigenvalue weighted by Crippen LogP contribution is -1.98. The molecule has 0 N–H and O–H groups in total. The van der Waals surface area contributed by atoms with Crippen LogP contribution in [-0.2, 0) is 0 Å². The molecule has 82 valence electrons. The third kappa shape index (κ3) is 2.40. The highest BCUT2D eigenvalue weighted by Crippen LogP contribution is 2.32. The van der Waals surface area contributed by atoms with Crippen molar-refractivity contribution in [3.8, 4) is 17.2 Å². The third-order valence-corrected chi connectivity index (χ3v) is 1.95. The third-order valence-electron chi connectivity index (χ3n) is 1.95. The summed E-state index contributed by atoms with van der Waals surface area (Å²) in [6.07, 6.45) is 0.702. The fourth-order valence-corrected chi connectivity index (χ4v) is 1.28. The highest BCUT2D eigenvalue weighted by atomic mass is 16.5. The minimum absolute atomic E-state index is 0.392. The molecule has 0 saturated heterocycles. The van der Waals surface area contributed by atoms with Gasteiger partial charge in [-0.15, -0.1) is 0 Å². The van der Waals surface area contributed by atoms with Crippen molar-refractivity contribution in [3.05, 3.63) is 17.7 Å². The van der Waals surface area contributed by atoms with Crippen LogP contribution in [0.3, 0.4) is 0 Å². The molecule has 0 heterocycles. The topological polar surface area (TPSA) is 44.8 Å². The van der Waals surface area contributed by atoms with Gasteiger partial charge in [0.1, 0.15) is 17.2 Å². The smallest absolute Gasteiger partial charge is 0.157 e. The second-order valence-electron chi connectivity index (χ2n) is 2.79. The van der Waals surface area contributed by atoms with Gasteiger partial charge in [-0.2, -0.15) is 0 Å². The van der Waals surface area contributed by atoms with Crippen molar-refractivity contribution in [1.29, 1.82) is 0 Å². The largest absolute Gasteiger partial charge is 0.496 e. The van der Waals surface area contributed by atoms with E-state index in [0.717, 1.165) is 0 Å². The maximum atomic E-state index is 10.8. The van der Waals surface area contributed by atoms with Gasteiger partial charge in [-0.05, 0) is 6.92 Å². The SMILES string of the molecule is CCOc1cc(OC)c(C=O)c(OC)c1. The predicted molar refractivity (Wildman–Crippen MR) is 56.1 cm³/mol. The van der Waals surface area contributed by atoms with Gasteiger partial charge in [-0.3, -0.25) is 4.79 Å². The summed E-state index contributed by atoms with van der Waals surface area (Å²) in [4.78, 5) is 10.8. The Morgan fingerprint density at radius 2 is 1.73 bits per heavy atom. The zero-order valence-electron chi connectivity index (χ0n) is 9.07. The minimum atomic E-state index is 0.392. The van der Waals surface area contributed by atoms with Crippen LogP contribution in [0.4, 0.5) is 0 Å². The van der Waals surface area contributed by atoms with Crippen LogP contribution in [0.1, 0.15) is 17.3 Å². The Morgan fingerprint density at radius 1 is 1.20 bits per heavy atom. The van der Waals surface area contributed by atoms with Crippen LogP contribution < -0.4 is 14.2 Å². The van der Waals surface area contributed by atoms with Crippen molar-refractivity contribution in [2.45, 2.75) is 6.92 Å². The van der Waals surface area contributed by atoms with E-state index < -0.39 is 0 Å². The van der Waals surface area contributed by atoms with Gasteiger partial charge < -0.3 is 14.2 Å². The van der Waals surface area contributed by atoms with Crippen molar-refractivity contribution in [1.82, 2.24) is 0 Å². The van der Waals surface area contributed by atoms with Gasteiger partial charge in [0.15, 0.2) is 6.29 Å². The van der Waals surface area contributed by atoms with Gasteiger partial charge in [0.25, 0.3) is 0 Å². The van der Waals surface area contributed by atoms with Crippen LogP contribution in [0.25, 0.3) is 0 Å². The van der Waals surface area contributed by atoms with Gasteiger partial charge in [-0.25, -0.2) is 0 Å². The summed E-state index contributed by atoms with van der Waals surface area (Å²) in [7, 11) is 3.00. The second-order valence-corrected chi connectivity index (χ2v) is 2.79. The zero-order valence-corrected chi connectivity index (χ0v) is 9.07. The Balaban J connectivity index is 3.22. The van der Waals surface area contributed by atoms with E-state index in [4.69, 9.17) is 14.2 Å². The molecule has 0 aromatic heterocycles. The van der Waals surface area contributed by atoms with Crippen LogP contribution in [0.5, 0.6) is 17.2 Å². The van der Waals surface area contributed by atoms with Crippen LogP contribution in [0, 0.1) is 0 Å². The van der Waals surface area contributed by atoms with Crippen molar-refractivity contribution < 1.29 is 19.0 Å². The maximum absolute atomic E-state index is 10.8. The summed E-state index contributed by atoms with van der Waals surface area (Å²) in [5.74, 6) is 1.53. The average Bonchev–Trinajstić information content (AvgIpc) is 2.28. The van der Waals surface area contributed by atoms with Crippen molar-refractivity contribution in [3.63, 3.8) is 0 Å². The number of rotatable bonds is 5. The van der Waals surface area contributed by atoms with Crippen LogP contribution >= 0.6 is 0 Å². The summed E-state index contributed by atoms with van der Waals surface area (Å²) < 4.78 is 15.5. The van der Waals surface area contributed by atoms with Gasteiger partial charge >= 0.3 is 0 Å². The molecule has 0 amide bonds. The number of hydrogen-bond donors (Lipinski definition) is 0. The molecule has 0 atom stereocenters. The Labute approximate surface area is 88.8 Å². The molecule has 15 heavy (non-hydrogen) atoms. The van der Waals surface area contributed by atoms with E-state index in [-0.39, 0.29) is 0 Å². The molecular weight excluding hydrogens is 196 g/mol. The lowest BCUT2D eigenvalue weighted by atomic mass is 10.2. The van der Waals surface area contributed by atoms with Gasteiger partial charge in [-0.1, -0.05) is 0 Å². The van der Waals surface area contributed by atoms with E-state index in [2.05, 4.69) is 0 Å². The molecular formula is C11H14O4. The van der Waals surface area contributed by atoms with E-state index in [0.29, 0.717) is 35.7 Å². The summed E-state index contributed by atoms with van der Waals surface area (Å²) >= 11 is 0. The number of carbonyl (C=O) groups is 1. The molecule has 0 aliphatic rings. The molecule has 4 heteroatoms. The summed E-state index contributed by atoms with van der Waals surface area (Å²) in [5, 5.41) is 0. The molecule has 0 bridgehead atoms. The minimum Gasteiger partial charge on any atom is -0.496 e. The molecule has 0 saturated carbocycles. The van der Waals surface area contributed by atoms with E-state index in [1.165, 1.54) is 14.2 Å². The molecule has 0 unspecified atom stereocenters. The van der Waals surface area contributed by atoms with Crippen LogP contribution in [-0.4, -0.2) is 27.1 Å². The molecule has 0 radical (unpaired) electrons. The van der Waals surface area contributed by atoms with Crippen LogP contribution in [0.15, 0.2) is 12.1 Å². The predicted octanol–water partition coefficient (Wildman–Crippen LogP) is 1.91. The molecule has 4 nitrogen and oxygen atoms in total. The second kappa shape index (κ2) is 5.24. The Bertz CT molecular complexity index is 321.